The van der Waals surface area contributed by atoms with Crippen LogP contribution in [0, 0.1) is 6.92 Å². The second-order valence-corrected chi connectivity index (χ2v) is 5.02. The molecule has 0 atom stereocenters. The number of rotatable bonds is 4. The number of pyridine rings is 1. The van der Waals surface area contributed by atoms with Gasteiger partial charge in [-0.1, -0.05) is 6.92 Å². The Labute approximate surface area is 100 Å². The zero-order valence-electron chi connectivity index (χ0n) is 9.66. The van der Waals surface area contributed by atoms with Gasteiger partial charge in [-0.2, -0.15) is 0 Å². The topological polar surface area (TPSA) is 24.9 Å². The standard InChI is InChI=1S/C13H16N2S/c1-3-11-4-5-12(16-11)8-15-13-9-14-7-6-10(13)2/h4-7,9,15H,3,8H2,1-2H3. The van der Waals surface area contributed by atoms with Crippen molar-refractivity contribution in [3.05, 3.63) is 45.9 Å². The minimum Gasteiger partial charge on any atom is -0.379 e. The second kappa shape index (κ2) is 5.12. The highest BCUT2D eigenvalue weighted by molar-refractivity contribution is 7.12. The van der Waals surface area contributed by atoms with Crippen molar-refractivity contribution in [1.29, 1.82) is 0 Å². The summed E-state index contributed by atoms with van der Waals surface area (Å²) >= 11 is 1.88. The van der Waals surface area contributed by atoms with Gasteiger partial charge in [-0.05, 0) is 37.1 Å². The number of aromatic nitrogens is 1. The Kier molecular flexibility index (Phi) is 3.57. The van der Waals surface area contributed by atoms with Crippen LogP contribution in [0.15, 0.2) is 30.6 Å². The molecular formula is C13H16N2S. The van der Waals surface area contributed by atoms with Crippen molar-refractivity contribution in [2.45, 2.75) is 26.8 Å². The molecule has 0 aromatic carbocycles. The molecule has 0 amide bonds. The normalized spacial score (nSPS) is 10.4. The summed E-state index contributed by atoms with van der Waals surface area (Å²) in [7, 11) is 0. The molecule has 0 saturated carbocycles. The molecule has 2 heterocycles. The van der Waals surface area contributed by atoms with E-state index in [1.54, 1.807) is 0 Å². The van der Waals surface area contributed by atoms with Crippen molar-refractivity contribution >= 4 is 17.0 Å². The first-order valence-electron chi connectivity index (χ1n) is 5.51. The summed E-state index contributed by atoms with van der Waals surface area (Å²) in [5.74, 6) is 0. The first-order chi connectivity index (χ1) is 7.79. The van der Waals surface area contributed by atoms with E-state index in [1.165, 1.54) is 15.3 Å². The molecule has 2 nitrogen and oxygen atoms in total. The van der Waals surface area contributed by atoms with Crippen LogP contribution in [0.3, 0.4) is 0 Å². The predicted octanol–water partition coefficient (Wildman–Crippen LogP) is 3.63. The smallest absolute Gasteiger partial charge is 0.0559 e. The molecule has 1 N–H and O–H groups in total. The lowest BCUT2D eigenvalue weighted by Gasteiger charge is -2.06. The molecule has 2 rings (SSSR count). The third-order valence-electron chi connectivity index (χ3n) is 2.56. The minimum atomic E-state index is 0.886. The zero-order valence-corrected chi connectivity index (χ0v) is 10.5. The largest absolute Gasteiger partial charge is 0.379 e. The van der Waals surface area contributed by atoms with Gasteiger partial charge in [-0.3, -0.25) is 4.98 Å². The van der Waals surface area contributed by atoms with Gasteiger partial charge in [0.15, 0.2) is 0 Å². The van der Waals surface area contributed by atoms with Gasteiger partial charge in [0.05, 0.1) is 11.9 Å². The van der Waals surface area contributed by atoms with Gasteiger partial charge in [0.2, 0.25) is 0 Å². The van der Waals surface area contributed by atoms with Crippen molar-refractivity contribution in [2.75, 3.05) is 5.32 Å². The first kappa shape index (κ1) is 11.1. The maximum Gasteiger partial charge on any atom is 0.0559 e. The Hall–Kier alpha value is -1.35. The number of aryl methyl sites for hydroxylation is 2. The summed E-state index contributed by atoms with van der Waals surface area (Å²) < 4.78 is 0. The third kappa shape index (κ3) is 2.61. The Bertz CT molecular complexity index is 462. The second-order valence-electron chi connectivity index (χ2n) is 3.77. The van der Waals surface area contributed by atoms with E-state index in [0.29, 0.717) is 0 Å². The number of anilines is 1. The average molecular weight is 232 g/mol. The van der Waals surface area contributed by atoms with E-state index in [1.807, 2.05) is 29.8 Å². The van der Waals surface area contributed by atoms with Crippen molar-refractivity contribution in [3.8, 4) is 0 Å². The monoisotopic (exact) mass is 232 g/mol. The number of thiophene rings is 1. The molecule has 0 bridgehead atoms. The Morgan fingerprint density at radius 1 is 1.25 bits per heavy atom. The lowest BCUT2D eigenvalue weighted by atomic mass is 10.2. The highest BCUT2D eigenvalue weighted by Gasteiger charge is 2.00. The van der Waals surface area contributed by atoms with Gasteiger partial charge >= 0.3 is 0 Å². The highest BCUT2D eigenvalue weighted by Crippen LogP contribution is 2.19. The zero-order chi connectivity index (χ0) is 11.4. The van der Waals surface area contributed by atoms with Crippen LogP contribution < -0.4 is 5.32 Å². The molecule has 0 fully saturated rings. The van der Waals surface area contributed by atoms with Crippen LogP contribution in [0.1, 0.15) is 22.2 Å². The van der Waals surface area contributed by atoms with E-state index < -0.39 is 0 Å². The number of nitrogens with one attached hydrogen (secondary N) is 1. The third-order valence-corrected chi connectivity index (χ3v) is 3.79. The molecule has 0 aliphatic carbocycles. The maximum absolute atomic E-state index is 4.12. The molecule has 0 aliphatic rings. The van der Waals surface area contributed by atoms with Gasteiger partial charge in [0, 0.05) is 22.5 Å². The number of hydrogen-bond acceptors (Lipinski definition) is 3. The van der Waals surface area contributed by atoms with E-state index in [9.17, 15) is 0 Å². The molecule has 0 saturated heterocycles. The van der Waals surface area contributed by atoms with Gasteiger partial charge in [-0.25, -0.2) is 0 Å². The lowest BCUT2D eigenvalue weighted by Crippen LogP contribution is -1.99. The summed E-state index contributed by atoms with van der Waals surface area (Å²) in [5.41, 5.74) is 2.36. The van der Waals surface area contributed by atoms with E-state index >= 15 is 0 Å². The van der Waals surface area contributed by atoms with Crippen molar-refractivity contribution in [3.63, 3.8) is 0 Å². The molecule has 0 unspecified atom stereocenters. The highest BCUT2D eigenvalue weighted by atomic mass is 32.1. The quantitative estimate of drug-likeness (QED) is 0.870. The predicted molar refractivity (Wildman–Crippen MR) is 70.0 cm³/mol. The minimum absolute atomic E-state index is 0.886. The Morgan fingerprint density at radius 3 is 2.75 bits per heavy atom. The molecule has 16 heavy (non-hydrogen) atoms. The summed E-state index contributed by atoms with van der Waals surface area (Å²) in [4.78, 5) is 6.94. The number of nitrogens with zero attached hydrogens (tertiary/aromatic N) is 1. The van der Waals surface area contributed by atoms with Gasteiger partial charge in [0.25, 0.3) is 0 Å². The molecule has 84 valence electrons. The maximum atomic E-state index is 4.12. The van der Waals surface area contributed by atoms with Crippen LogP contribution in [0.2, 0.25) is 0 Å². The Morgan fingerprint density at radius 2 is 2.06 bits per heavy atom. The SMILES string of the molecule is CCc1ccc(CNc2cnccc2C)s1. The molecule has 2 aromatic rings. The van der Waals surface area contributed by atoms with E-state index in [2.05, 4.69) is 36.3 Å². The summed E-state index contributed by atoms with van der Waals surface area (Å²) in [5, 5.41) is 3.41. The molecule has 3 heteroatoms. The van der Waals surface area contributed by atoms with E-state index in [-0.39, 0.29) is 0 Å². The fourth-order valence-corrected chi connectivity index (χ4v) is 2.44. The lowest BCUT2D eigenvalue weighted by molar-refractivity contribution is 1.16. The van der Waals surface area contributed by atoms with Crippen LogP contribution in [-0.4, -0.2) is 4.98 Å². The van der Waals surface area contributed by atoms with Crippen LogP contribution >= 0.6 is 11.3 Å². The van der Waals surface area contributed by atoms with Crippen molar-refractivity contribution in [2.24, 2.45) is 0 Å². The van der Waals surface area contributed by atoms with Gasteiger partial charge in [0.1, 0.15) is 0 Å². The molecule has 0 spiro atoms. The molecule has 2 aromatic heterocycles. The fraction of sp³-hybridized carbons (Fsp3) is 0.308. The fourth-order valence-electron chi connectivity index (χ4n) is 1.54. The summed E-state index contributed by atoms with van der Waals surface area (Å²) in [6.07, 6.45) is 4.82. The Balaban J connectivity index is 1.99. The molecular weight excluding hydrogens is 216 g/mol. The summed E-state index contributed by atoms with van der Waals surface area (Å²) in [6, 6.07) is 6.42. The van der Waals surface area contributed by atoms with Crippen LogP contribution in [0.4, 0.5) is 5.69 Å². The van der Waals surface area contributed by atoms with Gasteiger partial charge in [-0.15, -0.1) is 11.3 Å². The van der Waals surface area contributed by atoms with E-state index in [4.69, 9.17) is 0 Å². The van der Waals surface area contributed by atoms with Crippen molar-refractivity contribution in [1.82, 2.24) is 4.98 Å². The van der Waals surface area contributed by atoms with Crippen LogP contribution in [0.5, 0.6) is 0 Å². The first-order valence-corrected chi connectivity index (χ1v) is 6.33. The van der Waals surface area contributed by atoms with Gasteiger partial charge < -0.3 is 5.32 Å². The molecule has 0 radical (unpaired) electrons. The number of hydrogen-bond donors (Lipinski definition) is 1. The summed E-state index contributed by atoms with van der Waals surface area (Å²) in [6.45, 7) is 5.17. The van der Waals surface area contributed by atoms with Crippen LogP contribution in [0.25, 0.3) is 0 Å². The molecule has 0 aliphatic heterocycles. The van der Waals surface area contributed by atoms with Crippen molar-refractivity contribution < 1.29 is 0 Å². The average Bonchev–Trinajstić information content (AvgIpc) is 2.76. The van der Waals surface area contributed by atoms with E-state index in [0.717, 1.165) is 18.7 Å². The van der Waals surface area contributed by atoms with Crippen LogP contribution in [-0.2, 0) is 13.0 Å².